The molecule has 0 fully saturated rings. The van der Waals surface area contributed by atoms with Crippen molar-refractivity contribution in [3.63, 3.8) is 0 Å². The Bertz CT molecular complexity index is 592. The first kappa shape index (κ1) is 14.4. The molecule has 0 bridgehead atoms. The first-order valence-corrected chi connectivity index (χ1v) is 6.86. The third-order valence-corrected chi connectivity index (χ3v) is 3.29. The van der Waals surface area contributed by atoms with Crippen molar-refractivity contribution in [3.05, 3.63) is 36.0 Å². The van der Waals surface area contributed by atoms with E-state index in [1.807, 2.05) is 49.0 Å². The van der Waals surface area contributed by atoms with Gasteiger partial charge in [0.1, 0.15) is 0 Å². The second kappa shape index (κ2) is 6.43. The van der Waals surface area contributed by atoms with E-state index in [1.54, 1.807) is 0 Å². The number of amides is 2. The van der Waals surface area contributed by atoms with E-state index in [4.69, 9.17) is 0 Å². The predicted octanol–water partition coefficient (Wildman–Crippen LogP) is 1.92. The van der Waals surface area contributed by atoms with Crippen LogP contribution in [0, 0.1) is 0 Å². The number of hydrogen-bond donors (Lipinski definition) is 3. The maximum atomic E-state index is 11.4. The van der Waals surface area contributed by atoms with Gasteiger partial charge in [-0.15, -0.1) is 0 Å². The van der Waals surface area contributed by atoms with Gasteiger partial charge < -0.3 is 20.3 Å². The van der Waals surface area contributed by atoms with Gasteiger partial charge in [0.2, 0.25) is 0 Å². The Kier molecular flexibility index (Phi) is 4.63. The Morgan fingerprint density at radius 2 is 2.15 bits per heavy atom. The van der Waals surface area contributed by atoms with E-state index in [0.717, 1.165) is 22.9 Å². The predicted molar refractivity (Wildman–Crippen MR) is 79.6 cm³/mol. The molecule has 1 atom stereocenters. The summed E-state index contributed by atoms with van der Waals surface area (Å²) < 4.78 is 2.03. The van der Waals surface area contributed by atoms with Crippen LogP contribution in [0.5, 0.6) is 0 Å². The molecular weight excluding hydrogens is 254 g/mol. The average Bonchev–Trinajstić information content (AvgIpc) is 2.83. The number of nitrogens with one attached hydrogen (secondary N) is 2. The van der Waals surface area contributed by atoms with Gasteiger partial charge in [0, 0.05) is 31.9 Å². The van der Waals surface area contributed by atoms with Gasteiger partial charge in [0.25, 0.3) is 0 Å². The van der Waals surface area contributed by atoms with Crippen LogP contribution in [0.1, 0.15) is 25.0 Å². The SMILES string of the molecule is CCCNC(=O)NCC(O)c1ccc2c(ccn2C)c1. The van der Waals surface area contributed by atoms with Crippen LogP contribution < -0.4 is 10.6 Å². The van der Waals surface area contributed by atoms with Crippen molar-refractivity contribution in [1.82, 2.24) is 15.2 Å². The molecule has 1 unspecified atom stereocenters. The van der Waals surface area contributed by atoms with E-state index in [-0.39, 0.29) is 12.6 Å². The number of aryl methyl sites for hydroxylation is 1. The standard InChI is InChI=1S/C15H21N3O2/c1-3-7-16-15(20)17-10-14(19)12-4-5-13-11(9-12)6-8-18(13)2/h4-6,8-9,14,19H,3,7,10H2,1-2H3,(H2,16,17,20). The number of nitrogens with zero attached hydrogens (tertiary/aromatic N) is 1. The van der Waals surface area contributed by atoms with E-state index < -0.39 is 6.10 Å². The molecule has 0 aliphatic rings. The Hall–Kier alpha value is -2.01. The maximum absolute atomic E-state index is 11.4. The van der Waals surface area contributed by atoms with E-state index in [9.17, 15) is 9.90 Å². The highest BCUT2D eigenvalue weighted by molar-refractivity contribution is 5.81. The number of carbonyl (C=O) groups is 1. The van der Waals surface area contributed by atoms with Gasteiger partial charge in [-0.3, -0.25) is 0 Å². The van der Waals surface area contributed by atoms with Gasteiger partial charge in [0.15, 0.2) is 0 Å². The van der Waals surface area contributed by atoms with Crippen LogP contribution in [0.2, 0.25) is 0 Å². The minimum atomic E-state index is -0.702. The van der Waals surface area contributed by atoms with E-state index >= 15 is 0 Å². The fraction of sp³-hybridized carbons (Fsp3) is 0.400. The van der Waals surface area contributed by atoms with Crippen molar-refractivity contribution >= 4 is 16.9 Å². The summed E-state index contributed by atoms with van der Waals surface area (Å²) in [5, 5.41) is 16.6. The lowest BCUT2D eigenvalue weighted by molar-refractivity contribution is 0.173. The molecule has 0 spiro atoms. The molecule has 3 N–H and O–H groups in total. The Labute approximate surface area is 118 Å². The van der Waals surface area contributed by atoms with Crippen LogP contribution in [0.3, 0.4) is 0 Å². The summed E-state index contributed by atoms with van der Waals surface area (Å²) in [4.78, 5) is 11.4. The quantitative estimate of drug-likeness (QED) is 0.780. The Morgan fingerprint density at radius 1 is 1.35 bits per heavy atom. The van der Waals surface area contributed by atoms with Crippen LogP contribution in [0.25, 0.3) is 10.9 Å². The monoisotopic (exact) mass is 275 g/mol. The summed E-state index contributed by atoms with van der Waals surface area (Å²) in [6.45, 7) is 2.83. The van der Waals surface area contributed by atoms with Gasteiger partial charge in [-0.2, -0.15) is 0 Å². The molecule has 1 aromatic carbocycles. The molecule has 0 saturated carbocycles. The summed E-state index contributed by atoms with van der Waals surface area (Å²) >= 11 is 0. The van der Waals surface area contributed by atoms with Crippen molar-refractivity contribution in [3.8, 4) is 0 Å². The molecule has 1 heterocycles. The summed E-state index contributed by atoms with van der Waals surface area (Å²) in [5.41, 5.74) is 1.93. The molecular formula is C15H21N3O2. The van der Waals surface area contributed by atoms with Crippen LogP contribution in [-0.4, -0.2) is 28.8 Å². The Morgan fingerprint density at radius 3 is 2.90 bits per heavy atom. The highest BCUT2D eigenvalue weighted by Gasteiger charge is 2.10. The number of aliphatic hydroxyl groups excluding tert-OH is 1. The van der Waals surface area contributed by atoms with E-state index in [0.29, 0.717) is 6.54 Å². The largest absolute Gasteiger partial charge is 0.387 e. The number of fused-ring (bicyclic) bond motifs is 1. The zero-order chi connectivity index (χ0) is 14.5. The molecule has 20 heavy (non-hydrogen) atoms. The number of rotatable bonds is 5. The second-order valence-corrected chi connectivity index (χ2v) is 4.90. The molecule has 0 aliphatic carbocycles. The topological polar surface area (TPSA) is 66.3 Å². The van der Waals surface area contributed by atoms with Crippen molar-refractivity contribution in [1.29, 1.82) is 0 Å². The van der Waals surface area contributed by atoms with Crippen LogP contribution in [0.4, 0.5) is 4.79 Å². The number of aromatic nitrogens is 1. The molecule has 1 aromatic heterocycles. The fourth-order valence-electron chi connectivity index (χ4n) is 2.12. The highest BCUT2D eigenvalue weighted by Crippen LogP contribution is 2.20. The molecule has 0 saturated heterocycles. The lowest BCUT2D eigenvalue weighted by atomic mass is 10.1. The van der Waals surface area contributed by atoms with Crippen LogP contribution in [-0.2, 0) is 7.05 Å². The van der Waals surface area contributed by atoms with Gasteiger partial charge >= 0.3 is 6.03 Å². The molecule has 2 aromatic rings. The Balaban J connectivity index is 1.96. The third kappa shape index (κ3) is 3.30. The minimum absolute atomic E-state index is 0.202. The highest BCUT2D eigenvalue weighted by atomic mass is 16.3. The van der Waals surface area contributed by atoms with Gasteiger partial charge in [-0.25, -0.2) is 4.79 Å². The summed E-state index contributed by atoms with van der Waals surface area (Å²) in [6.07, 6.45) is 2.17. The lowest BCUT2D eigenvalue weighted by Crippen LogP contribution is -2.38. The van der Waals surface area contributed by atoms with Crippen molar-refractivity contribution in [2.75, 3.05) is 13.1 Å². The second-order valence-electron chi connectivity index (χ2n) is 4.90. The van der Waals surface area contributed by atoms with Crippen molar-refractivity contribution in [2.45, 2.75) is 19.4 Å². The third-order valence-electron chi connectivity index (χ3n) is 3.29. The fourth-order valence-corrected chi connectivity index (χ4v) is 2.12. The van der Waals surface area contributed by atoms with Crippen molar-refractivity contribution < 1.29 is 9.90 Å². The normalized spacial score (nSPS) is 12.3. The summed E-state index contributed by atoms with van der Waals surface area (Å²) in [6, 6.07) is 7.58. The van der Waals surface area contributed by atoms with Gasteiger partial charge in [-0.1, -0.05) is 13.0 Å². The van der Waals surface area contributed by atoms with E-state index in [1.165, 1.54) is 0 Å². The minimum Gasteiger partial charge on any atom is -0.387 e. The number of aliphatic hydroxyl groups is 1. The summed E-state index contributed by atoms with van der Waals surface area (Å²) in [5.74, 6) is 0. The molecule has 2 rings (SSSR count). The zero-order valence-electron chi connectivity index (χ0n) is 11.9. The van der Waals surface area contributed by atoms with Crippen LogP contribution in [0.15, 0.2) is 30.5 Å². The first-order valence-electron chi connectivity index (χ1n) is 6.86. The summed E-state index contributed by atoms with van der Waals surface area (Å²) in [7, 11) is 1.98. The number of hydrogen-bond acceptors (Lipinski definition) is 2. The number of benzene rings is 1. The molecule has 108 valence electrons. The average molecular weight is 275 g/mol. The molecule has 5 heteroatoms. The number of carbonyl (C=O) groups excluding carboxylic acids is 1. The lowest BCUT2D eigenvalue weighted by Gasteiger charge is -2.13. The number of urea groups is 1. The molecule has 5 nitrogen and oxygen atoms in total. The van der Waals surface area contributed by atoms with Gasteiger partial charge in [0.05, 0.1) is 6.10 Å². The molecule has 0 radical (unpaired) electrons. The van der Waals surface area contributed by atoms with E-state index in [2.05, 4.69) is 10.6 Å². The smallest absolute Gasteiger partial charge is 0.314 e. The maximum Gasteiger partial charge on any atom is 0.314 e. The van der Waals surface area contributed by atoms with Crippen LogP contribution >= 0.6 is 0 Å². The zero-order valence-corrected chi connectivity index (χ0v) is 11.9. The van der Waals surface area contributed by atoms with Crippen molar-refractivity contribution in [2.24, 2.45) is 7.05 Å². The molecule has 2 amide bonds. The first-order chi connectivity index (χ1) is 9.61. The van der Waals surface area contributed by atoms with Gasteiger partial charge in [-0.05, 0) is 35.6 Å². The molecule has 0 aliphatic heterocycles.